The summed E-state index contributed by atoms with van der Waals surface area (Å²) in [5.74, 6) is 0.897. The van der Waals surface area contributed by atoms with Gasteiger partial charge in [0.05, 0.1) is 0 Å². The van der Waals surface area contributed by atoms with E-state index in [1.165, 1.54) is 6.04 Å². The molecular weight excluding hydrogens is 76.1 g/mol. The van der Waals surface area contributed by atoms with Crippen molar-refractivity contribution in [2.45, 2.75) is 19.9 Å². The van der Waals surface area contributed by atoms with E-state index in [1.54, 1.807) is 0 Å². The molecule has 0 bridgehead atoms. The Bertz CT molecular complexity index is 17.6. The number of hydrogen-bond acceptors (Lipinski definition) is 0. The molecule has 0 rings (SSSR count). The SMILES string of the molecule is CC(C)C[SiH2-]. The highest BCUT2D eigenvalue weighted by molar-refractivity contribution is 6.08. The largest absolute Gasteiger partial charge is 0.296 e. The third kappa shape index (κ3) is 4.22. The highest BCUT2D eigenvalue weighted by Crippen LogP contribution is 1.92. The van der Waals surface area contributed by atoms with Crippen LogP contribution in [0.2, 0.25) is 6.04 Å². The van der Waals surface area contributed by atoms with E-state index in [9.17, 15) is 0 Å². The summed E-state index contributed by atoms with van der Waals surface area (Å²) in [5.41, 5.74) is 0. The van der Waals surface area contributed by atoms with Gasteiger partial charge in [-0.1, -0.05) is 19.8 Å². The molecular formula is C4H11Si-. The minimum atomic E-state index is 0.897. The van der Waals surface area contributed by atoms with Crippen LogP contribution in [0.15, 0.2) is 0 Å². The molecule has 0 N–H and O–H groups in total. The van der Waals surface area contributed by atoms with Crippen LogP contribution in [0.25, 0.3) is 0 Å². The highest BCUT2D eigenvalue weighted by Gasteiger charge is 1.74. The molecule has 0 fully saturated rings. The van der Waals surface area contributed by atoms with Crippen molar-refractivity contribution in [3.05, 3.63) is 0 Å². The zero-order valence-electron chi connectivity index (χ0n) is 3.99. The van der Waals surface area contributed by atoms with Crippen LogP contribution in [-0.2, 0) is 0 Å². The number of rotatable bonds is 1. The molecule has 0 nitrogen and oxygen atoms in total. The maximum Gasteiger partial charge on any atom is -0.0656 e. The van der Waals surface area contributed by atoms with Crippen molar-refractivity contribution >= 4 is 10.2 Å². The number of hydrogen-bond donors (Lipinski definition) is 0. The van der Waals surface area contributed by atoms with Crippen LogP contribution in [0.1, 0.15) is 13.8 Å². The van der Waals surface area contributed by atoms with Crippen LogP contribution in [0.5, 0.6) is 0 Å². The summed E-state index contributed by atoms with van der Waals surface area (Å²) >= 11 is 0. The van der Waals surface area contributed by atoms with Crippen molar-refractivity contribution in [1.82, 2.24) is 0 Å². The molecule has 0 unspecified atom stereocenters. The van der Waals surface area contributed by atoms with Crippen molar-refractivity contribution < 1.29 is 0 Å². The monoisotopic (exact) mass is 87.1 g/mol. The van der Waals surface area contributed by atoms with E-state index in [1.807, 2.05) is 10.2 Å². The molecule has 0 aliphatic heterocycles. The summed E-state index contributed by atoms with van der Waals surface area (Å²) in [6.07, 6.45) is 0. The predicted molar refractivity (Wildman–Crippen MR) is 28.2 cm³/mol. The lowest BCUT2D eigenvalue weighted by atomic mass is 10.3. The van der Waals surface area contributed by atoms with Gasteiger partial charge in [-0.3, -0.25) is 10.2 Å². The summed E-state index contributed by atoms with van der Waals surface area (Å²) in [7, 11) is 2.03. The third-order valence-electron chi connectivity index (χ3n) is 0.577. The topological polar surface area (TPSA) is 0 Å². The fraction of sp³-hybridized carbons (Fsp3) is 1.00. The quantitative estimate of drug-likeness (QED) is 0.413. The molecule has 0 saturated heterocycles. The average Bonchev–Trinajstić information content (AvgIpc) is 1.38. The zero-order valence-corrected chi connectivity index (χ0v) is 5.41. The van der Waals surface area contributed by atoms with Crippen molar-refractivity contribution in [2.75, 3.05) is 0 Å². The highest BCUT2D eigenvalue weighted by atomic mass is 28.1. The lowest BCUT2D eigenvalue weighted by Gasteiger charge is -1.97. The Labute approximate surface area is 37.0 Å². The maximum absolute atomic E-state index is 2.23. The lowest BCUT2D eigenvalue weighted by molar-refractivity contribution is 0.735. The Hall–Kier alpha value is 0.217. The van der Waals surface area contributed by atoms with E-state index in [0.29, 0.717) is 0 Å². The Morgan fingerprint density at radius 1 is 1.60 bits per heavy atom. The van der Waals surface area contributed by atoms with Gasteiger partial charge in [-0.05, 0) is 0 Å². The Kier molecular flexibility index (Phi) is 2.56. The maximum atomic E-state index is 2.23. The summed E-state index contributed by atoms with van der Waals surface area (Å²) in [6, 6.07) is 1.33. The Balaban J connectivity index is 2.54. The second-order valence-corrected chi connectivity index (χ2v) is 2.26. The molecule has 0 saturated carbocycles. The first kappa shape index (κ1) is 5.22. The van der Waals surface area contributed by atoms with Gasteiger partial charge in [0.25, 0.3) is 0 Å². The Morgan fingerprint density at radius 2 is 1.80 bits per heavy atom. The fourth-order valence-corrected chi connectivity index (χ4v) is 0. The van der Waals surface area contributed by atoms with Gasteiger partial charge >= 0.3 is 0 Å². The molecule has 0 aromatic heterocycles. The predicted octanol–water partition coefficient (Wildman–Crippen LogP) is 0.694. The van der Waals surface area contributed by atoms with Crippen LogP contribution < -0.4 is 0 Å². The van der Waals surface area contributed by atoms with Gasteiger partial charge in [0.2, 0.25) is 0 Å². The molecule has 0 radical (unpaired) electrons. The van der Waals surface area contributed by atoms with Gasteiger partial charge in [-0.25, -0.2) is 0 Å². The van der Waals surface area contributed by atoms with E-state index in [2.05, 4.69) is 13.8 Å². The van der Waals surface area contributed by atoms with E-state index >= 15 is 0 Å². The second-order valence-electron chi connectivity index (χ2n) is 1.68. The molecule has 0 atom stereocenters. The van der Waals surface area contributed by atoms with E-state index in [-0.39, 0.29) is 0 Å². The van der Waals surface area contributed by atoms with Gasteiger partial charge in [0, 0.05) is 0 Å². The first-order valence-electron chi connectivity index (χ1n) is 2.06. The second kappa shape index (κ2) is 2.45. The summed E-state index contributed by atoms with van der Waals surface area (Å²) in [6.45, 7) is 4.46. The van der Waals surface area contributed by atoms with Crippen molar-refractivity contribution in [2.24, 2.45) is 5.92 Å². The van der Waals surface area contributed by atoms with Crippen LogP contribution in [0, 0.1) is 5.92 Å². The van der Waals surface area contributed by atoms with E-state index in [0.717, 1.165) is 5.92 Å². The average molecular weight is 87.2 g/mol. The van der Waals surface area contributed by atoms with Crippen LogP contribution in [-0.4, -0.2) is 10.2 Å². The molecule has 0 aromatic carbocycles. The van der Waals surface area contributed by atoms with Gasteiger partial charge < -0.3 is 0 Å². The molecule has 0 amide bonds. The normalized spacial score (nSPS) is 9.60. The van der Waals surface area contributed by atoms with E-state index in [4.69, 9.17) is 0 Å². The molecule has 0 aliphatic carbocycles. The molecule has 5 heavy (non-hydrogen) atoms. The molecule has 0 aliphatic rings. The van der Waals surface area contributed by atoms with Crippen LogP contribution in [0.3, 0.4) is 0 Å². The lowest BCUT2D eigenvalue weighted by Crippen LogP contribution is -1.80. The van der Waals surface area contributed by atoms with Crippen molar-refractivity contribution in [1.29, 1.82) is 0 Å². The minimum absolute atomic E-state index is 0.897. The van der Waals surface area contributed by atoms with Gasteiger partial charge in [-0.15, -0.1) is 0 Å². The molecule has 1 heteroatoms. The minimum Gasteiger partial charge on any atom is -0.296 e. The molecule has 32 valence electrons. The molecule has 0 spiro atoms. The fourth-order valence-electron chi connectivity index (χ4n) is 0. The summed E-state index contributed by atoms with van der Waals surface area (Å²) < 4.78 is 0. The molecule has 0 heterocycles. The van der Waals surface area contributed by atoms with Crippen molar-refractivity contribution in [3.8, 4) is 0 Å². The van der Waals surface area contributed by atoms with Crippen molar-refractivity contribution in [3.63, 3.8) is 0 Å². The third-order valence-corrected chi connectivity index (χ3v) is 1.73. The van der Waals surface area contributed by atoms with E-state index < -0.39 is 0 Å². The Morgan fingerprint density at radius 3 is 1.80 bits per heavy atom. The zero-order chi connectivity index (χ0) is 4.28. The summed E-state index contributed by atoms with van der Waals surface area (Å²) in [5, 5.41) is 0. The van der Waals surface area contributed by atoms with Gasteiger partial charge in [-0.2, -0.15) is 6.04 Å². The van der Waals surface area contributed by atoms with Crippen LogP contribution >= 0.6 is 0 Å². The van der Waals surface area contributed by atoms with Crippen LogP contribution in [0.4, 0.5) is 0 Å². The molecule has 0 aromatic rings. The first-order chi connectivity index (χ1) is 2.27. The van der Waals surface area contributed by atoms with Gasteiger partial charge in [0.15, 0.2) is 0 Å². The smallest absolute Gasteiger partial charge is 0.0656 e. The summed E-state index contributed by atoms with van der Waals surface area (Å²) in [4.78, 5) is 0. The first-order valence-corrected chi connectivity index (χ1v) is 3.06. The standard InChI is InChI=1S/C4H11Si/c1-4(2)3-5/h4H,3,5H2,1-2H3/q-1. The van der Waals surface area contributed by atoms with Gasteiger partial charge in [0.1, 0.15) is 0 Å².